The Balaban J connectivity index is 1.53. The third kappa shape index (κ3) is 3.20. The Morgan fingerprint density at radius 2 is 2.00 bits per heavy atom. The molecule has 0 atom stereocenters. The van der Waals surface area contributed by atoms with E-state index in [1.54, 1.807) is 18.6 Å². The number of hydrogen-bond acceptors (Lipinski definition) is 5. The van der Waals surface area contributed by atoms with Gasteiger partial charge in [-0.15, -0.1) is 0 Å². The van der Waals surface area contributed by atoms with Gasteiger partial charge in [-0.25, -0.2) is 15.0 Å². The molecule has 3 aromatic rings. The summed E-state index contributed by atoms with van der Waals surface area (Å²) in [4.78, 5) is 20.1. The average molecular weight is 382 g/mol. The number of halogens is 1. The molecule has 0 bridgehead atoms. The van der Waals surface area contributed by atoms with Crippen molar-refractivity contribution in [1.29, 1.82) is 0 Å². The highest BCUT2D eigenvalue weighted by Gasteiger charge is 2.19. The molecule has 4 heterocycles. The summed E-state index contributed by atoms with van der Waals surface area (Å²) in [6.45, 7) is 2.72. The number of aromatic nitrogens is 4. The zero-order valence-corrected chi connectivity index (χ0v) is 14.6. The van der Waals surface area contributed by atoms with E-state index in [4.69, 9.17) is 4.98 Å². The fraction of sp³-hybridized carbons (Fsp3) is 0.222. The van der Waals surface area contributed by atoms with Crippen LogP contribution in [-0.2, 0) is 19.5 Å². The van der Waals surface area contributed by atoms with Gasteiger partial charge in [-0.2, -0.15) is 0 Å². The minimum Gasteiger partial charge on any atom is -0.294 e. The third-order valence-corrected chi connectivity index (χ3v) is 4.88. The molecule has 0 saturated heterocycles. The van der Waals surface area contributed by atoms with Gasteiger partial charge in [0.05, 0.1) is 5.69 Å². The van der Waals surface area contributed by atoms with Crippen molar-refractivity contribution in [2.45, 2.75) is 19.5 Å². The SMILES string of the molecule is Brc1ncccc1CN1CCc2nc(-c3cccnc3)ncc2C1. The van der Waals surface area contributed by atoms with Crippen LogP contribution in [0.15, 0.2) is 53.7 Å². The van der Waals surface area contributed by atoms with Gasteiger partial charge in [0.2, 0.25) is 0 Å². The normalized spacial score (nSPS) is 14.4. The van der Waals surface area contributed by atoms with Crippen LogP contribution in [-0.4, -0.2) is 31.4 Å². The Bertz CT molecular complexity index is 853. The molecule has 1 aliphatic rings. The second kappa shape index (κ2) is 6.75. The highest BCUT2D eigenvalue weighted by Crippen LogP contribution is 2.23. The molecule has 0 aromatic carbocycles. The van der Waals surface area contributed by atoms with E-state index in [2.05, 4.69) is 41.8 Å². The molecule has 120 valence electrons. The summed E-state index contributed by atoms with van der Waals surface area (Å²) in [6.07, 6.45) is 8.25. The Labute approximate surface area is 149 Å². The van der Waals surface area contributed by atoms with E-state index in [0.717, 1.165) is 47.7 Å². The molecular weight excluding hydrogens is 366 g/mol. The van der Waals surface area contributed by atoms with E-state index in [0.29, 0.717) is 0 Å². The quantitative estimate of drug-likeness (QED) is 0.651. The molecule has 0 aliphatic carbocycles. The molecule has 0 amide bonds. The highest BCUT2D eigenvalue weighted by molar-refractivity contribution is 9.10. The molecule has 0 spiro atoms. The van der Waals surface area contributed by atoms with E-state index in [1.165, 1.54) is 11.1 Å². The van der Waals surface area contributed by atoms with Gasteiger partial charge in [0.15, 0.2) is 5.82 Å². The summed E-state index contributed by atoms with van der Waals surface area (Å²) < 4.78 is 0.916. The molecule has 0 unspecified atom stereocenters. The molecule has 0 saturated carbocycles. The average Bonchev–Trinajstić information content (AvgIpc) is 2.64. The highest BCUT2D eigenvalue weighted by atomic mass is 79.9. The van der Waals surface area contributed by atoms with Crippen LogP contribution < -0.4 is 0 Å². The summed E-state index contributed by atoms with van der Waals surface area (Å²) >= 11 is 3.52. The van der Waals surface area contributed by atoms with Crippen molar-refractivity contribution in [2.24, 2.45) is 0 Å². The topological polar surface area (TPSA) is 54.8 Å². The summed E-state index contributed by atoms with van der Waals surface area (Å²) in [5.41, 5.74) is 4.51. The molecule has 3 aromatic heterocycles. The second-order valence-corrected chi connectivity index (χ2v) is 6.57. The zero-order chi connectivity index (χ0) is 16.4. The van der Waals surface area contributed by atoms with Gasteiger partial charge in [-0.05, 0) is 39.7 Å². The molecule has 5 nitrogen and oxygen atoms in total. The minimum absolute atomic E-state index is 0.755. The number of pyridine rings is 2. The summed E-state index contributed by atoms with van der Waals surface area (Å²) in [6, 6.07) is 7.98. The van der Waals surface area contributed by atoms with Crippen LogP contribution >= 0.6 is 15.9 Å². The van der Waals surface area contributed by atoms with Crippen LogP contribution in [0, 0.1) is 0 Å². The summed E-state index contributed by atoms with van der Waals surface area (Å²) in [7, 11) is 0. The van der Waals surface area contributed by atoms with Gasteiger partial charge in [0.25, 0.3) is 0 Å². The molecular formula is C18H16BrN5. The first-order valence-corrected chi connectivity index (χ1v) is 8.66. The van der Waals surface area contributed by atoms with Crippen molar-refractivity contribution >= 4 is 15.9 Å². The molecule has 24 heavy (non-hydrogen) atoms. The fourth-order valence-corrected chi connectivity index (χ4v) is 3.30. The fourth-order valence-electron chi connectivity index (χ4n) is 2.92. The van der Waals surface area contributed by atoms with Crippen LogP contribution in [0.4, 0.5) is 0 Å². The molecule has 0 N–H and O–H groups in total. The second-order valence-electron chi connectivity index (χ2n) is 5.82. The van der Waals surface area contributed by atoms with Crippen molar-refractivity contribution in [3.8, 4) is 11.4 Å². The smallest absolute Gasteiger partial charge is 0.160 e. The predicted molar refractivity (Wildman–Crippen MR) is 95.0 cm³/mol. The molecule has 0 radical (unpaired) electrons. The van der Waals surface area contributed by atoms with Gasteiger partial charge >= 0.3 is 0 Å². The van der Waals surface area contributed by atoms with Crippen LogP contribution in [0.1, 0.15) is 16.8 Å². The first-order valence-electron chi connectivity index (χ1n) is 7.86. The lowest BCUT2D eigenvalue weighted by atomic mass is 10.1. The summed E-state index contributed by atoms with van der Waals surface area (Å²) in [5, 5.41) is 0. The Morgan fingerprint density at radius 3 is 2.83 bits per heavy atom. The monoisotopic (exact) mass is 381 g/mol. The first-order chi connectivity index (χ1) is 11.8. The molecule has 4 rings (SSSR count). The number of nitrogens with zero attached hydrogens (tertiary/aromatic N) is 5. The maximum Gasteiger partial charge on any atom is 0.160 e. The number of rotatable bonds is 3. The summed E-state index contributed by atoms with van der Waals surface area (Å²) in [5.74, 6) is 0.755. The lowest BCUT2D eigenvalue weighted by Gasteiger charge is -2.28. The van der Waals surface area contributed by atoms with E-state index in [-0.39, 0.29) is 0 Å². The molecule has 6 heteroatoms. The molecule has 0 fully saturated rings. The van der Waals surface area contributed by atoms with E-state index in [9.17, 15) is 0 Å². The predicted octanol–water partition coefficient (Wildman–Crippen LogP) is 3.25. The maximum absolute atomic E-state index is 4.74. The van der Waals surface area contributed by atoms with Crippen molar-refractivity contribution in [3.05, 3.63) is 70.5 Å². The van der Waals surface area contributed by atoms with Crippen molar-refractivity contribution in [3.63, 3.8) is 0 Å². The van der Waals surface area contributed by atoms with Crippen LogP contribution in [0.25, 0.3) is 11.4 Å². The number of hydrogen-bond donors (Lipinski definition) is 0. The van der Waals surface area contributed by atoms with Crippen LogP contribution in [0.3, 0.4) is 0 Å². The zero-order valence-electron chi connectivity index (χ0n) is 13.1. The van der Waals surface area contributed by atoms with Gasteiger partial charge in [0, 0.05) is 62.0 Å². The van der Waals surface area contributed by atoms with Crippen LogP contribution in [0.5, 0.6) is 0 Å². The Morgan fingerprint density at radius 1 is 1.08 bits per heavy atom. The lowest BCUT2D eigenvalue weighted by Crippen LogP contribution is -2.31. The van der Waals surface area contributed by atoms with Crippen molar-refractivity contribution in [1.82, 2.24) is 24.8 Å². The van der Waals surface area contributed by atoms with Gasteiger partial charge in [-0.3, -0.25) is 9.88 Å². The van der Waals surface area contributed by atoms with Gasteiger partial charge in [0.1, 0.15) is 4.60 Å². The van der Waals surface area contributed by atoms with Crippen molar-refractivity contribution in [2.75, 3.05) is 6.54 Å². The standard InChI is InChI=1S/C18H16BrN5/c19-17-14(4-2-7-21-17)11-24-8-5-16-15(12-24)10-22-18(23-16)13-3-1-6-20-9-13/h1-4,6-7,9-10H,5,8,11-12H2. The lowest BCUT2D eigenvalue weighted by molar-refractivity contribution is 0.242. The minimum atomic E-state index is 0.755. The number of fused-ring (bicyclic) bond motifs is 1. The Hall–Kier alpha value is -2.18. The maximum atomic E-state index is 4.74. The van der Waals surface area contributed by atoms with Crippen molar-refractivity contribution < 1.29 is 0 Å². The van der Waals surface area contributed by atoms with E-state index >= 15 is 0 Å². The van der Waals surface area contributed by atoms with Crippen LogP contribution in [0.2, 0.25) is 0 Å². The van der Waals surface area contributed by atoms with Gasteiger partial charge < -0.3 is 0 Å². The Kier molecular flexibility index (Phi) is 4.32. The van der Waals surface area contributed by atoms with E-state index < -0.39 is 0 Å². The first kappa shape index (κ1) is 15.4. The van der Waals surface area contributed by atoms with Gasteiger partial charge in [-0.1, -0.05) is 6.07 Å². The largest absolute Gasteiger partial charge is 0.294 e. The van der Waals surface area contributed by atoms with E-state index in [1.807, 2.05) is 24.4 Å². The third-order valence-electron chi connectivity index (χ3n) is 4.16. The molecule has 1 aliphatic heterocycles.